The summed E-state index contributed by atoms with van der Waals surface area (Å²) in [6.07, 6.45) is 5.62. The number of benzene rings is 1. The molecule has 126 valence electrons. The van der Waals surface area contributed by atoms with Crippen molar-refractivity contribution in [3.05, 3.63) is 76.4 Å². The first-order valence-electron chi connectivity index (χ1n) is 8.29. The average molecular weight is 369 g/mol. The van der Waals surface area contributed by atoms with E-state index in [-0.39, 0.29) is 11.9 Å². The Morgan fingerprint density at radius 1 is 1.08 bits per heavy atom. The maximum absolute atomic E-state index is 13.0. The number of likely N-dealkylation sites (tertiary alicyclic amines) is 1. The predicted octanol–water partition coefficient (Wildman–Crippen LogP) is 5.44. The second-order valence-corrected chi connectivity index (χ2v) is 7.63. The Bertz CT molecular complexity index is 876. The summed E-state index contributed by atoms with van der Waals surface area (Å²) in [6.45, 7) is 0.806. The number of carbonyl (C=O) groups is 1. The topological polar surface area (TPSA) is 33.2 Å². The summed E-state index contributed by atoms with van der Waals surface area (Å²) in [5, 5.41) is 0.717. The first-order chi connectivity index (χ1) is 12.2. The molecule has 0 N–H and O–H groups in total. The molecule has 1 fully saturated rings. The number of aromatic nitrogens is 1. The lowest BCUT2D eigenvalue weighted by molar-refractivity contribution is 0.0740. The molecule has 4 rings (SSSR count). The van der Waals surface area contributed by atoms with E-state index in [0.717, 1.165) is 40.3 Å². The van der Waals surface area contributed by atoms with Gasteiger partial charge in [0.1, 0.15) is 0 Å². The Labute approximate surface area is 155 Å². The summed E-state index contributed by atoms with van der Waals surface area (Å²) in [7, 11) is 0. The molecule has 0 bridgehead atoms. The Hall–Kier alpha value is -2.17. The average Bonchev–Trinajstić information content (AvgIpc) is 3.32. The summed E-state index contributed by atoms with van der Waals surface area (Å²) >= 11 is 7.49. The third kappa shape index (κ3) is 3.32. The van der Waals surface area contributed by atoms with Gasteiger partial charge in [-0.3, -0.25) is 9.78 Å². The molecule has 3 aromatic rings. The molecule has 1 atom stereocenters. The van der Waals surface area contributed by atoms with E-state index in [4.69, 9.17) is 11.6 Å². The summed E-state index contributed by atoms with van der Waals surface area (Å²) < 4.78 is 0. The highest BCUT2D eigenvalue weighted by Crippen LogP contribution is 2.35. The number of rotatable bonds is 3. The molecular formula is C20H17ClN2OS. The number of nitrogens with zero attached hydrogens (tertiary/aromatic N) is 2. The number of amides is 1. The van der Waals surface area contributed by atoms with Crippen molar-refractivity contribution >= 4 is 28.8 Å². The second kappa shape index (κ2) is 6.98. The SMILES string of the molecule is O=C(c1ccc(-c2ccc(Cl)cc2)s1)N1CCC[C@H]1c1ccncc1. The molecule has 1 aliphatic heterocycles. The predicted molar refractivity (Wildman–Crippen MR) is 102 cm³/mol. The first kappa shape index (κ1) is 16.3. The fourth-order valence-electron chi connectivity index (χ4n) is 3.31. The molecule has 0 unspecified atom stereocenters. The third-order valence-corrected chi connectivity index (χ3v) is 5.92. The monoisotopic (exact) mass is 368 g/mol. The highest BCUT2D eigenvalue weighted by Gasteiger charge is 2.31. The lowest BCUT2D eigenvalue weighted by Crippen LogP contribution is -2.29. The van der Waals surface area contributed by atoms with E-state index in [1.54, 1.807) is 12.4 Å². The second-order valence-electron chi connectivity index (χ2n) is 6.11. The molecule has 0 saturated carbocycles. The fourth-order valence-corrected chi connectivity index (χ4v) is 4.40. The minimum atomic E-state index is 0.115. The van der Waals surface area contributed by atoms with Gasteiger partial charge in [-0.1, -0.05) is 23.7 Å². The van der Waals surface area contributed by atoms with Crippen LogP contribution in [0.25, 0.3) is 10.4 Å². The van der Waals surface area contributed by atoms with E-state index in [1.165, 1.54) is 11.3 Å². The summed E-state index contributed by atoms with van der Waals surface area (Å²) in [6, 6.07) is 15.8. The van der Waals surface area contributed by atoms with E-state index in [1.807, 2.05) is 53.4 Å². The molecule has 5 heteroatoms. The molecule has 1 saturated heterocycles. The number of hydrogen-bond donors (Lipinski definition) is 0. The number of hydrogen-bond acceptors (Lipinski definition) is 3. The molecule has 1 amide bonds. The van der Waals surface area contributed by atoms with Crippen LogP contribution in [0.1, 0.15) is 34.1 Å². The van der Waals surface area contributed by atoms with Crippen LogP contribution in [0.2, 0.25) is 5.02 Å². The van der Waals surface area contributed by atoms with E-state index < -0.39 is 0 Å². The molecule has 1 aromatic carbocycles. The van der Waals surface area contributed by atoms with Crippen LogP contribution in [0.4, 0.5) is 0 Å². The quantitative estimate of drug-likeness (QED) is 0.616. The van der Waals surface area contributed by atoms with E-state index in [9.17, 15) is 4.79 Å². The molecule has 0 aliphatic carbocycles. The fraction of sp³-hybridized carbons (Fsp3) is 0.200. The standard InChI is InChI=1S/C20H17ClN2OS/c21-16-5-3-15(4-6-16)18-7-8-19(25-18)20(24)23-13-1-2-17(23)14-9-11-22-12-10-14/h3-12,17H,1-2,13H2/t17-/m0/s1. The van der Waals surface area contributed by atoms with Gasteiger partial charge >= 0.3 is 0 Å². The van der Waals surface area contributed by atoms with Crippen LogP contribution in [-0.4, -0.2) is 22.3 Å². The first-order valence-corrected chi connectivity index (χ1v) is 9.48. The maximum atomic E-state index is 13.0. The minimum Gasteiger partial charge on any atom is -0.331 e. The lowest BCUT2D eigenvalue weighted by Gasteiger charge is -2.24. The van der Waals surface area contributed by atoms with Gasteiger partial charge < -0.3 is 4.90 Å². The zero-order valence-corrected chi connectivity index (χ0v) is 15.1. The largest absolute Gasteiger partial charge is 0.331 e. The van der Waals surface area contributed by atoms with Gasteiger partial charge in [0.2, 0.25) is 0 Å². The van der Waals surface area contributed by atoms with Crippen LogP contribution in [0.3, 0.4) is 0 Å². The van der Waals surface area contributed by atoms with Gasteiger partial charge in [-0.05, 0) is 60.4 Å². The molecule has 3 nitrogen and oxygen atoms in total. The van der Waals surface area contributed by atoms with Gasteiger partial charge in [0, 0.05) is 28.8 Å². The van der Waals surface area contributed by atoms with Gasteiger partial charge in [0.15, 0.2) is 0 Å². The van der Waals surface area contributed by atoms with Crippen LogP contribution < -0.4 is 0 Å². The lowest BCUT2D eigenvalue weighted by atomic mass is 10.1. The summed E-state index contributed by atoms with van der Waals surface area (Å²) in [5.41, 5.74) is 2.25. The van der Waals surface area contributed by atoms with Crippen molar-refractivity contribution in [2.45, 2.75) is 18.9 Å². The summed E-state index contributed by atoms with van der Waals surface area (Å²) in [4.78, 5) is 21.0. The van der Waals surface area contributed by atoms with Crippen molar-refractivity contribution in [2.75, 3.05) is 6.54 Å². The zero-order chi connectivity index (χ0) is 17.2. The van der Waals surface area contributed by atoms with Crippen molar-refractivity contribution in [1.29, 1.82) is 0 Å². The van der Waals surface area contributed by atoms with Crippen molar-refractivity contribution in [3.63, 3.8) is 0 Å². The normalized spacial score (nSPS) is 17.0. The molecule has 3 heterocycles. The van der Waals surface area contributed by atoms with Crippen LogP contribution in [0.5, 0.6) is 0 Å². The number of pyridine rings is 1. The van der Waals surface area contributed by atoms with E-state index in [0.29, 0.717) is 5.02 Å². The van der Waals surface area contributed by atoms with Gasteiger partial charge in [-0.2, -0.15) is 0 Å². The van der Waals surface area contributed by atoms with Gasteiger partial charge in [0.25, 0.3) is 5.91 Å². The minimum absolute atomic E-state index is 0.115. The van der Waals surface area contributed by atoms with Crippen LogP contribution in [-0.2, 0) is 0 Å². The Kier molecular flexibility index (Phi) is 4.55. The molecule has 0 spiro atoms. The van der Waals surface area contributed by atoms with Crippen molar-refractivity contribution in [1.82, 2.24) is 9.88 Å². The molecule has 0 radical (unpaired) electrons. The van der Waals surface area contributed by atoms with E-state index in [2.05, 4.69) is 4.98 Å². The van der Waals surface area contributed by atoms with Crippen LogP contribution in [0.15, 0.2) is 60.9 Å². The van der Waals surface area contributed by atoms with Crippen molar-refractivity contribution in [2.24, 2.45) is 0 Å². The van der Waals surface area contributed by atoms with Crippen LogP contribution >= 0.6 is 22.9 Å². The molecule has 1 aliphatic rings. The van der Waals surface area contributed by atoms with Gasteiger partial charge in [-0.25, -0.2) is 0 Å². The third-order valence-electron chi connectivity index (χ3n) is 4.55. The number of thiophene rings is 1. The highest BCUT2D eigenvalue weighted by molar-refractivity contribution is 7.17. The zero-order valence-electron chi connectivity index (χ0n) is 13.6. The van der Waals surface area contributed by atoms with Crippen LogP contribution in [0, 0.1) is 0 Å². The molecular weight excluding hydrogens is 352 g/mol. The highest BCUT2D eigenvalue weighted by atomic mass is 35.5. The maximum Gasteiger partial charge on any atom is 0.264 e. The van der Waals surface area contributed by atoms with Gasteiger partial charge in [-0.15, -0.1) is 11.3 Å². The Balaban J connectivity index is 1.58. The smallest absolute Gasteiger partial charge is 0.264 e. The molecule has 25 heavy (non-hydrogen) atoms. The molecule has 2 aromatic heterocycles. The number of carbonyl (C=O) groups excluding carboxylic acids is 1. The van der Waals surface area contributed by atoms with E-state index >= 15 is 0 Å². The van der Waals surface area contributed by atoms with Crippen molar-refractivity contribution < 1.29 is 4.79 Å². The Morgan fingerprint density at radius 2 is 1.84 bits per heavy atom. The summed E-state index contributed by atoms with van der Waals surface area (Å²) in [5.74, 6) is 0.115. The Morgan fingerprint density at radius 3 is 2.60 bits per heavy atom. The van der Waals surface area contributed by atoms with Gasteiger partial charge in [0.05, 0.1) is 10.9 Å². The van der Waals surface area contributed by atoms with Crippen molar-refractivity contribution in [3.8, 4) is 10.4 Å². The number of halogens is 1.